The van der Waals surface area contributed by atoms with E-state index in [4.69, 9.17) is 33.2 Å². The fraction of sp³-hybridized carbons (Fsp3) is 0.472. The number of phenols is 1. The van der Waals surface area contributed by atoms with Crippen LogP contribution in [0, 0.1) is 30.6 Å². The zero-order chi connectivity index (χ0) is 50.4. The van der Waals surface area contributed by atoms with Crippen molar-refractivity contribution in [2.45, 2.75) is 105 Å². The van der Waals surface area contributed by atoms with E-state index in [2.05, 4.69) is 5.32 Å². The number of nitrogens with one attached hydrogen (secondary N) is 1. The fourth-order valence-corrected chi connectivity index (χ4v) is 10.2. The number of ketones is 3. The van der Waals surface area contributed by atoms with Crippen LogP contribution < -0.4 is 14.6 Å². The molecule has 1 aromatic heterocycles. The van der Waals surface area contributed by atoms with Gasteiger partial charge in [-0.3, -0.25) is 19.2 Å². The van der Waals surface area contributed by atoms with Crippen molar-refractivity contribution in [3.05, 3.63) is 124 Å². The maximum absolute atomic E-state index is 14.9. The van der Waals surface area contributed by atoms with Gasteiger partial charge in [0.2, 0.25) is 11.6 Å². The molecular weight excluding hydrogens is 901 g/mol. The first-order valence-corrected chi connectivity index (χ1v) is 23.8. The largest absolute Gasteiger partial charge is 0.511 e. The maximum atomic E-state index is 14.9. The molecule has 0 spiro atoms. The van der Waals surface area contributed by atoms with E-state index < -0.39 is 88.5 Å². The highest BCUT2D eigenvalue weighted by molar-refractivity contribution is 6.32. The number of benzene rings is 2. The minimum atomic E-state index is -2.08. The highest BCUT2D eigenvalue weighted by Gasteiger charge is 2.54. The summed E-state index contributed by atoms with van der Waals surface area (Å²) in [6.07, 6.45) is 10.0. The SMILES string of the molecule is CO[C@@H]1/C=C/O[C@@]2(C)Oc3c(C)c(O)c4c(c3C2=O)C(=O)C(N2CCOCC2)=C(NC(=O)/C(C)=C/C=C/[C@@H](C)[C@@H]2OC(C)(C)O[C@@H]([C@@H](C)[C@H](OC(=O)n3cc[n+](Cc5ccccc5)c3)[C@H]1C)[C@@H]2C)C4=O. The first-order valence-electron chi connectivity index (χ1n) is 23.8. The lowest BCUT2D eigenvalue weighted by Crippen LogP contribution is -2.56. The molecule has 6 heterocycles. The van der Waals surface area contributed by atoms with Crippen LogP contribution in [0.4, 0.5) is 4.79 Å². The van der Waals surface area contributed by atoms with E-state index in [-0.39, 0.29) is 77.5 Å². The summed E-state index contributed by atoms with van der Waals surface area (Å²) in [6.45, 7) is 17.4. The van der Waals surface area contributed by atoms with Crippen molar-refractivity contribution in [3.8, 4) is 11.5 Å². The molecule has 2 fully saturated rings. The Morgan fingerprint density at radius 1 is 0.900 bits per heavy atom. The van der Waals surface area contributed by atoms with E-state index in [0.29, 0.717) is 6.54 Å². The summed E-state index contributed by atoms with van der Waals surface area (Å²) in [6, 6.07) is 9.86. The minimum Gasteiger partial charge on any atom is -0.507 e. The quantitative estimate of drug-likeness (QED) is 0.269. The zero-order valence-corrected chi connectivity index (χ0v) is 41.3. The van der Waals surface area contributed by atoms with Crippen molar-refractivity contribution in [2.24, 2.45) is 23.7 Å². The zero-order valence-electron chi connectivity index (χ0n) is 41.3. The van der Waals surface area contributed by atoms with Gasteiger partial charge >= 0.3 is 11.9 Å². The molecule has 6 aliphatic rings. The van der Waals surface area contributed by atoms with E-state index in [1.54, 1.807) is 48.8 Å². The van der Waals surface area contributed by atoms with Gasteiger partial charge in [0.25, 0.3) is 18.0 Å². The van der Waals surface area contributed by atoms with Gasteiger partial charge in [-0.05, 0) is 39.3 Å². The second kappa shape index (κ2) is 19.8. The molecule has 7 bridgehead atoms. The van der Waals surface area contributed by atoms with E-state index >= 15 is 0 Å². The van der Waals surface area contributed by atoms with E-state index in [9.17, 15) is 29.1 Å². The van der Waals surface area contributed by atoms with Gasteiger partial charge < -0.3 is 48.5 Å². The normalized spacial score (nSPS) is 31.0. The Balaban J connectivity index is 1.20. The van der Waals surface area contributed by atoms with Gasteiger partial charge in [0.1, 0.15) is 47.9 Å². The molecule has 5 aliphatic heterocycles. The number of hydrogen-bond acceptors (Lipinski definition) is 14. The average Bonchev–Trinajstić information content (AvgIpc) is 3.91. The highest BCUT2D eigenvalue weighted by atomic mass is 16.7. The standard InChI is InChI=1S/C53H62N4O13/c1-29-15-14-16-30(2)50(62)54-40-41(56-22-25-65-26-23-56)44(60)37-38(43(40)59)42(58)32(4)48-39(37)49(61)53(9,70-48)66-24-19-36(64-10)31(3)46(34(6)47-33(5)45(29)68-52(7,8)69-47)67-51(63)57-21-20-55(28-57)27-35-17-12-11-13-18-35/h11-21,24,28-29,31,33-34,36,45-47H,22-23,25-27H2,1-10H3,(H-,54,58,59,60,61,62)/p+1/b15-14+,24-19+,30-16+/t29-,31+,33-,34+,36-,45+,46-,47-,53+/m1/s1. The average molecular weight is 964 g/mol. The van der Waals surface area contributed by atoms with Crippen molar-refractivity contribution < 1.29 is 66.8 Å². The highest BCUT2D eigenvalue weighted by Crippen LogP contribution is 2.49. The van der Waals surface area contributed by atoms with Gasteiger partial charge in [-0.15, -0.1) is 4.57 Å². The number of Topliss-reactive ketones (excluding diaryl/α,β-unsaturated/α-hetero) is 3. The number of rotatable bonds is 5. The third-order valence-corrected chi connectivity index (χ3v) is 14.1. The number of morpholine rings is 1. The van der Waals surface area contributed by atoms with Crippen molar-refractivity contribution in [1.29, 1.82) is 0 Å². The van der Waals surface area contributed by atoms with E-state index in [1.807, 2.05) is 82.5 Å². The number of aromatic nitrogens is 2. The van der Waals surface area contributed by atoms with Crippen LogP contribution in [0.25, 0.3) is 0 Å². The first kappa shape index (κ1) is 50.0. The Bertz CT molecular complexity index is 2700. The summed E-state index contributed by atoms with van der Waals surface area (Å²) in [4.78, 5) is 74.1. The summed E-state index contributed by atoms with van der Waals surface area (Å²) in [7, 11) is 1.51. The van der Waals surface area contributed by atoms with Gasteiger partial charge in [0, 0.05) is 61.9 Å². The molecule has 2 aromatic carbocycles. The fourth-order valence-electron chi connectivity index (χ4n) is 10.2. The predicted octanol–water partition coefficient (Wildman–Crippen LogP) is 6.35. The number of allylic oxidation sites excluding steroid dienone is 4. The number of carbonyl (C=O) groups is 5. The molecule has 0 saturated carbocycles. The molecule has 70 heavy (non-hydrogen) atoms. The number of phenolic OH excluding ortho intramolecular Hbond substituents is 1. The lowest BCUT2D eigenvalue weighted by Gasteiger charge is -2.50. The van der Waals surface area contributed by atoms with Crippen molar-refractivity contribution in [3.63, 3.8) is 0 Å². The van der Waals surface area contributed by atoms with Gasteiger partial charge in [0.05, 0.1) is 54.5 Å². The monoisotopic (exact) mass is 963 g/mol. The summed E-state index contributed by atoms with van der Waals surface area (Å²) in [5.74, 6) is -8.42. The molecule has 3 aromatic rings. The number of amides is 1. The van der Waals surface area contributed by atoms with Gasteiger partial charge in [0.15, 0.2) is 5.79 Å². The molecule has 2 N–H and O–H groups in total. The van der Waals surface area contributed by atoms with Crippen LogP contribution >= 0.6 is 0 Å². The van der Waals surface area contributed by atoms with Gasteiger partial charge in [-0.1, -0.05) is 76.3 Å². The smallest absolute Gasteiger partial charge is 0.507 e. The third-order valence-electron chi connectivity index (χ3n) is 14.1. The van der Waals surface area contributed by atoms with Crippen molar-refractivity contribution in [1.82, 2.24) is 14.8 Å². The van der Waals surface area contributed by atoms with E-state index in [1.165, 1.54) is 31.8 Å². The third kappa shape index (κ3) is 9.46. The first-order chi connectivity index (χ1) is 33.2. The Kier molecular flexibility index (Phi) is 14.1. The molecule has 17 nitrogen and oxygen atoms in total. The van der Waals surface area contributed by atoms with Crippen LogP contribution in [-0.2, 0) is 39.8 Å². The summed E-state index contributed by atoms with van der Waals surface area (Å²) in [5.41, 5.74) is -0.209. The summed E-state index contributed by atoms with van der Waals surface area (Å²) in [5, 5.41) is 14.4. The molecule has 9 rings (SSSR count). The topological polar surface area (TPSA) is 194 Å². The van der Waals surface area contributed by atoms with Crippen LogP contribution in [0.5, 0.6) is 11.5 Å². The van der Waals surface area contributed by atoms with Crippen LogP contribution in [0.3, 0.4) is 0 Å². The molecular formula is C53H63N4O13+. The molecule has 9 atom stereocenters. The van der Waals surface area contributed by atoms with Crippen molar-refractivity contribution >= 4 is 29.4 Å². The number of fused-ring (bicyclic) bond motifs is 10. The number of ether oxygens (including phenoxy) is 7. The molecule has 372 valence electrons. The summed E-state index contributed by atoms with van der Waals surface area (Å²) >= 11 is 0. The van der Waals surface area contributed by atoms with Crippen molar-refractivity contribution in [2.75, 3.05) is 33.4 Å². The Morgan fingerprint density at radius 2 is 1.60 bits per heavy atom. The number of hydrogen-bond donors (Lipinski definition) is 2. The number of methoxy groups -OCH3 is 1. The van der Waals surface area contributed by atoms with Crippen LogP contribution in [-0.4, -0.2) is 113 Å². The van der Waals surface area contributed by atoms with Crippen LogP contribution in [0.15, 0.2) is 96.6 Å². The molecule has 1 aliphatic carbocycles. The molecule has 1 amide bonds. The number of imidazole rings is 1. The van der Waals surface area contributed by atoms with Gasteiger partial charge in [-0.25, -0.2) is 4.57 Å². The molecule has 2 saturated heterocycles. The Hall–Kier alpha value is -6.40. The number of nitrogens with zero attached hydrogens (tertiary/aromatic N) is 3. The maximum Gasteiger partial charge on any atom is 0.511 e. The number of carbonyl (C=O) groups excluding carboxylic acids is 5. The Labute approximate surface area is 407 Å². The van der Waals surface area contributed by atoms with Crippen LogP contribution in [0.1, 0.15) is 97.6 Å². The molecule has 17 heteroatoms. The second-order valence-corrected chi connectivity index (χ2v) is 19.4. The minimum absolute atomic E-state index is 0.0186. The second-order valence-electron chi connectivity index (χ2n) is 19.4. The molecule has 0 unspecified atom stereocenters. The molecule has 0 radical (unpaired) electrons. The Morgan fingerprint density at radius 3 is 2.30 bits per heavy atom. The van der Waals surface area contributed by atoms with Gasteiger partial charge in [-0.2, -0.15) is 4.79 Å². The predicted molar refractivity (Wildman–Crippen MR) is 253 cm³/mol. The number of aromatic hydroxyl groups is 1. The van der Waals surface area contributed by atoms with E-state index in [0.717, 1.165) is 5.56 Å². The lowest BCUT2D eigenvalue weighted by atomic mass is 9.77. The van der Waals surface area contributed by atoms with Crippen LogP contribution in [0.2, 0.25) is 0 Å². The summed E-state index contributed by atoms with van der Waals surface area (Å²) < 4.78 is 47.0. The lowest BCUT2D eigenvalue weighted by molar-refractivity contribution is -0.687.